The Morgan fingerprint density at radius 2 is 1.96 bits per heavy atom. The van der Waals surface area contributed by atoms with E-state index in [1.165, 1.54) is 0 Å². The van der Waals surface area contributed by atoms with Crippen molar-refractivity contribution in [3.05, 3.63) is 65.5 Å². The summed E-state index contributed by atoms with van der Waals surface area (Å²) in [5.74, 6) is 0.698. The minimum absolute atomic E-state index is 0.194. The molecule has 0 aliphatic rings. The first-order valence-corrected chi connectivity index (χ1v) is 8.29. The first-order valence-electron chi connectivity index (χ1n) is 8.29. The smallest absolute Gasteiger partial charge is 0.315 e. The average Bonchev–Trinajstić information content (AvgIpc) is 3.04. The number of rotatable bonds is 6. The van der Waals surface area contributed by atoms with Gasteiger partial charge in [0.05, 0.1) is 23.7 Å². The number of urea groups is 1. The van der Waals surface area contributed by atoms with E-state index in [1.54, 1.807) is 0 Å². The highest BCUT2D eigenvalue weighted by atomic mass is 16.3. The maximum Gasteiger partial charge on any atom is 0.315 e. The van der Waals surface area contributed by atoms with Crippen molar-refractivity contribution in [3.8, 4) is 0 Å². The van der Waals surface area contributed by atoms with Crippen molar-refractivity contribution in [2.24, 2.45) is 0 Å². The quantitative estimate of drug-likeness (QED) is 0.556. The van der Waals surface area contributed by atoms with E-state index in [9.17, 15) is 9.90 Å². The van der Waals surface area contributed by atoms with Crippen LogP contribution < -0.4 is 10.6 Å². The highest BCUT2D eigenvalue weighted by Crippen LogP contribution is 2.15. The Balaban J connectivity index is 1.45. The number of hydrogen-bond donors (Lipinski definition) is 4. The van der Waals surface area contributed by atoms with Crippen molar-refractivity contribution in [1.82, 2.24) is 20.6 Å². The van der Waals surface area contributed by atoms with Crippen LogP contribution >= 0.6 is 0 Å². The highest BCUT2D eigenvalue weighted by Gasteiger charge is 2.09. The van der Waals surface area contributed by atoms with Crippen LogP contribution in [-0.2, 0) is 13.0 Å². The fourth-order valence-corrected chi connectivity index (χ4v) is 2.71. The molecular weight excluding hydrogens is 316 g/mol. The molecule has 1 atom stereocenters. The van der Waals surface area contributed by atoms with Crippen LogP contribution in [0.5, 0.6) is 0 Å². The monoisotopic (exact) mass is 338 g/mol. The molecule has 0 aliphatic carbocycles. The van der Waals surface area contributed by atoms with Crippen LogP contribution in [-0.4, -0.2) is 33.8 Å². The number of aryl methyl sites for hydroxylation is 1. The third kappa shape index (κ3) is 4.58. The molecular formula is C19H22N4O2. The predicted molar refractivity (Wildman–Crippen MR) is 97.2 cm³/mol. The molecule has 25 heavy (non-hydrogen) atoms. The molecule has 1 heterocycles. The summed E-state index contributed by atoms with van der Waals surface area (Å²) in [6.45, 7) is 2.50. The minimum Gasteiger partial charge on any atom is -0.391 e. The van der Waals surface area contributed by atoms with Crippen LogP contribution in [0.3, 0.4) is 0 Å². The molecule has 2 amide bonds. The van der Waals surface area contributed by atoms with Crippen LogP contribution in [0.25, 0.3) is 11.0 Å². The number of carbonyl (C=O) groups is 1. The van der Waals surface area contributed by atoms with Gasteiger partial charge in [-0.2, -0.15) is 0 Å². The van der Waals surface area contributed by atoms with E-state index in [-0.39, 0.29) is 12.6 Å². The largest absolute Gasteiger partial charge is 0.391 e. The van der Waals surface area contributed by atoms with Crippen LogP contribution in [0.4, 0.5) is 4.79 Å². The Morgan fingerprint density at radius 3 is 2.72 bits per heavy atom. The van der Waals surface area contributed by atoms with Gasteiger partial charge in [-0.1, -0.05) is 42.5 Å². The number of imidazole rings is 1. The molecule has 1 aromatic heterocycles. The number of nitrogens with one attached hydrogen (secondary N) is 3. The molecule has 1 unspecified atom stereocenters. The normalized spacial score (nSPS) is 12.1. The van der Waals surface area contributed by atoms with Crippen LogP contribution in [0, 0.1) is 6.92 Å². The van der Waals surface area contributed by atoms with Crippen molar-refractivity contribution in [2.75, 3.05) is 6.54 Å². The number of aliphatic hydroxyl groups is 1. The molecule has 3 aromatic rings. The van der Waals surface area contributed by atoms with E-state index in [0.717, 1.165) is 22.2 Å². The van der Waals surface area contributed by atoms with Crippen molar-refractivity contribution in [2.45, 2.75) is 26.0 Å². The molecule has 0 fully saturated rings. The fraction of sp³-hybridized carbons (Fsp3) is 0.263. The maximum atomic E-state index is 11.9. The molecule has 0 spiro atoms. The lowest BCUT2D eigenvalue weighted by atomic mass is 10.1. The van der Waals surface area contributed by atoms with Crippen molar-refractivity contribution in [3.63, 3.8) is 0 Å². The summed E-state index contributed by atoms with van der Waals surface area (Å²) in [4.78, 5) is 19.6. The lowest BCUT2D eigenvalue weighted by molar-refractivity contribution is 0.170. The van der Waals surface area contributed by atoms with Crippen molar-refractivity contribution < 1.29 is 9.90 Å². The maximum absolute atomic E-state index is 11.9. The van der Waals surface area contributed by atoms with Gasteiger partial charge >= 0.3 is 6.03 Å². The van der Waals surface area contributed by atoms with Crippen LogP contribution in [0.1, 0.15) is 17.0 Å². The topological polar surface area (TPSA) is 90.0 Å². The van der Waals surface area contributed by atoms with Gasteiger partial charge in [0.25, 0.3) is 0 Å². The first-order chi connectivity index (χ1) is 12.1. The SMILES string of the molecule is Cc1cccc2[nH]c(CNC(=O)NCC(O)Cc3ccccc3)nc12. The minimum atomic E-state index is -0.623. The van der Waals surface area contributed by atoms with E-state index in [0.29, 0.717) is 18.8 Å². The summed E-state index contributed by atoms with van der Waals surface area (Å²) in [6, 6.07) is 15.3. The Hall–Kier alpha value is -2.86. The lowest BCUT2D eigenvalue weighted by Gasteiger charge is -2.12. The second-order valence-electron chi connectivity index (χ2n) is 6.06. The van der Waals surface area contributed by atoms with Crippen molar-refractivity contribution in [1.29, 1.82) is 0 Å². The van der Waals surface area contributed by atoms with Crippen molar-refractivity contribution >= 4 is 17.1 Å². The fourth-order valence-electron chi connectivity index (χ4n) is 2.71. The third-order valence-electron chi connectivity index (χ3n) is 3.99. The van der Waals surface area contributed by atoms with Gasteiger partial charge in [0, 0.05) is 13.0 Å². The zero-order valence-electron chi connectivity index (χ0n) is 14.1. The van der Waals surface area contributed by atoms with Gasteiger partial charge in [0.1, 0.15) is 5.82 Å². The molecule has 2 aromatic carbocycles. The Kier molecular flexibility index (Phi) is 5.30. The second kappa shape index (κ2) is 7.81. The molecule has 0 aliphatic heterocycles. The number of nitrogens with zero attached hydrogens (tertiary/aromatic N) is 1. The summed E-state index contributed by atoms with van der Waals surface area (Å²) >= 11 is 0. The molecule has 0 radical (unpaired) electrons. The molecule has 0 bridgehead atoms. The summed E-state index contributed by atoms with van der Waals surface area (Å²) in [5.41, 5.74) is 4.00. The Labute approximate surface area is 146 Å². The predicted octanol–water partition coefficient (Wildman–Crippen LogP) is 2.27. The number of aliphatic hydroxyl groups excluding tert-OH is 1. The van der Waals surface area contributed by atoms with Gasteiger partial charge in [-0.3, -0.25) is 0 Å². The van der Waals surface area contributed by atoms with Gasteiger partial charge in [0.2, 0.25) is 0 Å². The number of hydrogen-bond acceptors (Lipinski definition) is 3. The number of amides is 2. The van der Waals surface area contributed by atoms with Crippen LogP contribution in [0.2, 0.25) is 0 Å². The Bertz CT molecular complexity index is 845. The van der Waals surface area contributed by atoms with Crippen LogP contribution in [0.15, 0.2) is 48.5 Å². The van der Waals surface area contributed by atoms with Gasteiger partial charge in [0.15, 0.2) is 0 Å². The number of aromatic amines is 1. The summed E-state index contributed by atoms with van der Waals surface area (Å²) in [6.07, 6.45) is -0.119. The second-order valence-corrected chi connectivity index (χ2v) is 6.06. The molecule has 0 saturated heterocycles. The van der Waals surface area contributed by atoms with Gasteiger partial charge in [-0.25, -0.2) is 9.78 Å². The first kappa shape index (κ1) is 17.0. The van der Waals surface area contributed by atoms with Gasteiger partial charge in [-0.15, -0.1) is 0 Å². The molecule has 0 saturated carbocycles. The highest BCUT2D eigenvalue weighted by molar-refractivity contribution is 5.78. The third-order valence-corrected chi connectivity index (χ3v) is 3.99. The zero-order valence-corrected chi connectivity index (χ0v) is 14.1. The zero-order chi connectivity index (χ0) is 17.6. The van der Waals surface area contributed by atoms with E-state index in [2.05, 4.69) is 20.6 Å². The van der Waals surface area contributed by atoms with Gasteiger partial charge < -0.3 is 20.7 Å². The van der Waals surface area contributed by atoms with E-state index in [1.807, 2.05) is 55.5 Å². The number of aromatic nitrogens is 2. The number of carbonyl (C=O) groups excluding carboxylic acids is 1. The van der Waals surface area contributed by atoms with Gasteiger partial charge in [-0.05, 0) is 24.1 Å². The summed E-state index contributed by atoms with van der Waals surface area (Å²) in [5, 5.41) is 15.4. The molecule has 4 N–H and O–H groups in total. The number of fused-ring (bicyclic) bond motifs is 1. The molecule has 6 nitrogen and oxygen atoms in total. The number of H-pyrrole nitrogens is 1. The molecule has 6 heteroatoms. The average molecular weight is 338 g/mol. The molecule has 3 rings (SSSR count). The van der Waals surface area contributed by atoms with E-state index < -0.39 is 6.10 Å². The Morgan fingerprint density at radius 1 is 1.16 bits per heavy atom. The van der Waals surface area contributed by atoms with E-state index in [4.69, 9.17) is 0 Å². The van der Waals surface area contributed by atoms with E-state index >= 15 is 0 Å². The summed E-state index contributed by atoms with van der Waals surface area (Å²) in [7, 11) is 0. The standard InChI is InChI=1S/C19H22N4O2/c1-13-6-5-9-16-18(13)23-17(22-16)12-21-19(25)20-11-15(24)10-14-7-3-2-4-8-14/h2-9,15,24H,10-12H2,1H3,(H,22,23)(H2,20,21,25). The lowest BCUT2D eigenvalue weighted by Crippen LogP contribution is -2.40. The number of para-hydroxylation sites is 1. The number of benzene rings is 2. The summed E-state index contributed by atoms with van der Waals surface area (Å²) < 4.78 is 0. The molecule has 130 valence electrons.